The van der Waals surface area contributed by atoms with Gasteiger partial charge < -0.3 is 9.47 Å². The predicted molar refractivity (Wildman–Crippen MR) is 119 cm³/mol. The fourth-order valence-corrected chi connectivity index (χ4v) is 3.08. The monoisotopic (exact) mass is 469 g/mol. The Morgan fingerprint density at radius 3 is 2.52 bits per heavy atom. The molecule has 0 saturated heterocycles. The summed E-state index contributed by atoms with van der Waals surface area (Å²) in [6.45, 7) is 0.326. The minimum absolute atomic E-state index is 0.135. The third kappa shape index (κ3) is 5.67. The van der Waals surface area contributed by atoms with E-state index in [0.717, 1.165) is 11.1 Å². The normalized spacial score (nSPS) is 10.9. The summed E-state index contributed by atoms with van der Waals surface area (Å²) in [6, 6.07) is 14.4. The molecule has 0 radical (unpaired) electrons. The molecule has 29 heavy (non-hydrogen) atoms. The molecule has 0 saturated carbocycles. The van der Waals surface area contributed by atoms with Crippen LogP contribution in [0.2, 0.25) is 20.2 Å². The van der Waals surface area contributed by atoms with E-state index in [1.807, 2.05) is 30.3 Å². The average Bonchev–Trinajstić information content (AvgIpc) is 2.71. The Kier molecular flexibility index (Phi) is 7.45. The molecule has 150 valence electrons. The molecule has 3 aromatic rings. The highest BCUT2D eigenvalue weighted by Gasteiger charge is 2.08. The Hall–Kier alpha value is -2.18. The number of hydrogen-bond donors (Lipinski definition) is 1. The molecule has 0 bridgehead atoms. The molecule has 1 aromatic heterocycles. The van der Waals surface area contributed by atoms with E-state index in [1.165, 1.54) is 6.07 Å². The Balaban J connectivity index is 1.69. The van der Waals surface area contributed by atoms with E-state index in [2.05, 4.69) is 15.5 Å². The lowest BCUT2D eigenvalue weighted by atomic mass is 10.2. The molecule has 2 aromatic carbocycles. The fraction of sp³-hybridized carbons (Fsp3) is 0.100. The number of anilines is 1. The lowest BCUT2D eigenvalue weighted by Crippen LogP contribution is -1.99. The van der Waals surface area contributed by atoms with Gasteiger partial charge in [0.15, 0.2) is 17.3 Å². The van der Waals surface area contributed by atoms with Crippen molar-refractivity contribution in [2.45, 2.75) is 6.61 Å². The summed E-state index contributed by atoms with van der Waals surface area (Å²) >= 11 is 24.0. The lowest BCUT2D eigenvalue weighted by Gasteiger charge is -2.12. The highest BCUT2D eigenvalue weighted by molar-refractivity contribution is 6.42. The van der Waals surface area contributed by atoms with Crippen molar-refractivity contribution in [1.82, 2.24) is 4.98 Å². The van der Waals surface area contributed by atoms with E-state index in [1.54, 1.807) is 25.5 Å². The molecule has 0 fully saturated rings. The number of pyridine rings is 1. The van der Waals surface area contributed by atoms with E-state index in [0.29, 0.717) is 34.0 Å². The van der Waals surface area contributed by atoms with Gasteiger partial charge in [-0.25, -0.2) is 4.98 Å². The van der Waals surface area contributed by atoms with Crippen molar-refractivity contribution in [1.29, 1.82) is 0 Å². The number of ether oxygens (including phenoxy) is 2. The summed E-state index contributed by atoms with van der Waals surface area (Å²) in [5.41, 5.74) is 4.39. The topological polar surface area (TPSA) is 55.7 Å². The van der Waals surface area contributed by atoms with Gasteiger partial charge in [0.2, 0.25) is 0 Å². The van der Waals surface area contributed by atoms with E-state index in [4.69, 9.17) is 55.9 Å². The second-order valence-corrected chi connectivity index (χ2v) is 7.33. The number of nitrogens with zero attached hydrogens (tertiary/aromatic N) is 2. The number of aromatic nitrogens is 1. The lowest BCUT2D eigenvalue weighted by molar-refractivity contribution is 0.284. The third-order valence-electron chi connectivity index (χ3n) is 3.80. The molecule has 1 N–H and O–H groups in total. The quantitative estimate of drug-likeness (QED) is 0.236. The van der Waals surface area contributed by atoms with Gasteiger partial charge in [0.25, 0.3) is 0 Å². The standard InChI is InChI=1S/C20H15Cl4N3O2/c1-28-18-8-12(10-25-27-20-16(23)9-15(22)19(24)26-20)6-7-17(18)29-11-13-4-2-3-5-14(13)21/h2-10H,11H2,1H3,(H,26,27). The van der Waals surface area contributed by atoms with Crippen LogP contribution < -0.4 is 14.9 Å². The number of rotatable bonds is 7. The van der Waals surface area contributed by atoms with Gasteiger partial charge in [-0.2, -0.15) is 5.10 Å². The molecule has 0 amide bonds. The van der Waals surface area contributed by atoms with E-state index in [9.17, 15) is 0 Å². The molecule has 1 heterocycles. The number of hydrogen-bond acceptors (Lipinski definition) is 5. The zero-order valence-electron chi connectivity index (χ0n) is 15.1. The second-order valence-electron chi connectivity index (χ2n) is 5.75. The van der Waals surface area contributed by atoms with Crippen molar-refractivity contribution in [3.8, 4) is 11.5 Å². The Labute approximate surface area is 188 Å². The van der Waals surface area contributed by atoms with Gasteiger partial charge >= 0.3 is 0 Å². The van der Waals surface area contributed by atoms with Crippen LogP contribution in [-0.2, 0) is 6.61 Å². The predicted octanol–water partition coefficient (Wildman–Crippen LogP) is 6.73. The number of hydrazone groups is 1. The van der Waals surface area contributed by atoms with Crippen molar-refractivity contribution in [2.75, 3.05) is 12.5 Å². The first-order valence-electron chi connectivity index (χ1n) is 8.33. The van der Waals surface area contributed by atoms with Crippen LogP contribution >= 0.6 is 46.4 Å². The zero-order valence-corrected chi connectivity index (χ0v) is 18.1. The second kappa shape index (κ2) is 10.0. The van der Waals surface area contributed by atoms with E-state index < -0.39 is 0 Å². The first kappa shape index (κ1) is 21.5. The van der Waals surface area contributed by atoms with Crippen molar-refractivity contribution in [3.05, 3.63) is 79.9 Å². The summed E-state index contributed by atoms with van der Waals surface area (Å²) < 4.78 is 11.3. The molecule has 0 spiro atoms. The van der Waals surface area contributed by atoms with Crippen molar-refractivity contribution in [3.63, 3.8) is 0 Å². The van der Waals surface area contributed by atoms with Gasteiger partial charge in [0.1, 0.15) is 11.8 Å². The van der Waals surface area contributed by atoms with Gasteiger partial charge in [-0.15, -0.1) is 0 Å². The van der Waals surface area contributed by atoms with Gasteiger partial charge in [0, 0.05) is 10.6 Å². The zero-order chi connectivity index (χ0) is 20.8. The molecule has 0 atom stereocenters. The Morgan fingerprint density at radius 2 is 1.76 bits per heavy atom. The van der Waals surface area contributed by atoms with Crippen LogP contribution in [0.15, 0.2) is 53.6 Å². The summed E-state index contributed by atoms with van der Waals surface area (Å²) in [7, 11) is 1.57. The van der Waals surface area contributed by atoms with Crippen LogP contribution in [0.1, 0.15) is 11.1 Å². The smallest absolute Gasteiger partial charge is 0.166 e. The SMILES string of the molecule is COc1cc(C=NNc2nc(Cl)c(Cl)cc2Cl)ccc1OCc1ccccc1Cl. The maximum Gasteiger partial charge on any atom is 0.166 e. The van der Waals surface area contributed by atoms with Crippen LogP contribution in [0.25, 0.3) is 0 Å². The van der Waals surface area contributed by atoms with Crippen LogP contribution in [0, 0.1) is 0 Å². The first-order chi connectivity index (χ1) is 14.0. The molecule has 3 rings (SSSR count). The van der Waals surface area contributed by atoms with Crippen molar-refractivity contribution >= 4 is 58.4 Å². The number of nitrogens with one attached hydrogen (secondary N) is 1. The van der Waals surface area contributed by atoms with Gasteiger partial charge in [0.05, 0.1) is 23.4 Å². The number of methoxy groups -OCH3 is 1. The summed E-state index contributed by atoms with van der Waals surface area (Å²) in [5.74, 6) is 1.45. The van der Waals surface area contributed by atoms with Crippen molar-refractivity contribution < 1.29 is 9.47 Å². The number of benzene rings is 2. The Morgan fingerprint density at radius 1 is 0.966 bits per heavy atom. The molecule has 0 aliphatic heterocycles. The van der Waals surface area contributed by atoms with E-state index in [-0.39, 0.29) is 10.2 Å². The number of halogens is 4. The highest BCUT2D eigenvalue weighted by Crippen LogP contribution is 2.30. The summed E-state index contributed by atoms with van der Waals surface area (Å²) in [5, 5.41) is 5.47. The highest BCUT2D eigenvalue weighted by atomic mass is 35.5. The molecule has 0 unspecified atom stereocenters. The summed E-state index contributed by atoms with van der Waals surface area (Å²) in [4.78, 5) is 4.03. The molecule has 0 aliphatic rings. The maximum atomic E-state index is 6.16. The average molecular weight is 471 g/mol. The van der Waals surface area contributed by atoms with Crippen LogP contribution in [0.4, 0.5) is 5.82 Å². The van der Waals surface area contributed by atoms with Crippen LogP contribution in [0.3, 0.4) is 0 Å². The Bertz CT molecular complexity index is 1040. The van der Waals surface area contributed by atoms with E-state index >= 15 is 0 Å². The molecular weight excluding hydrogens is 456 g/mol. The first-order valence-corrected chi connectivity index (χ1v) is 9.84. The summed E-state index contributed by atoms with van der Waals surface area (Å²) in [6.07, 6.45) is 1.58. The fourth-order valence-electron chi connectivity index (χ4n) is 2.35. The third-order valence-corrected chi connectivity index (χ3v) is 5.13. The molecular formula is C20H15Cl4N3O2. The van der Waals surface area contributed by atoms with Crippen LogP contribution in [-0.4, -0.2) is 18.3 Å². The van der Waals surface area contributed by atoms with Crippen LogP contribution in [0.5, 0.6) is 11.5 Å². The van der Waals surface area contributed by atoms with Gasteiger partial charge in [-0.1, -0.05) is 64.6 Å². The maximum absolute atomic E-state index is 6.16. The minimum Gasteiger partial charge on any atom is -0.493 e. The molecule has 0 aliphatic carbocycles. The minimum atomic E-state index is 0.135. The van der Waals surface area contributed by atoms with Crippen molar-refractivity contribution in [2.24, 2.45) is 5.10 Å². The molecule has 9 heteroatoms. The largest absolute Gasteiger partial charge is 0.493 e. The van der Waals surface area contributed by atoms with Gasteiger partial charge in [-0.05, 0) is 35.9 Å². The van der Waals surface area contributed by atoms with Gasteiger partial charge in [-0.3, -0.25) is 5.43 Å². The molecule has 5 nitrogen and oxygen atoms in total.